The fourth-order valence-corrected chi connectivity index (χ4v) is 1.48. The summed E-state index contributed by atoms with van der Waals surface area (Å²) in [4.78, 5) is 0. The highest BCUT2D eigenvalue weighted by atomic mass is 19.1. The molecule has 1 aliphatic carbocycles. The molecule has 0 aliphatic heterocycles. The van der Waals surface area contributed by atoms with Crippen molar-refractivity contribution in [3.05, 3.63) is 60.0 Å². The lowest BCUT2D eigenvalue weighted by Crippen LogP contribution is -1.95. The van der Waals surface area contributed by atoms with Crippen LogP contribution in [0.3, 0.4) is 0 Å². The van der Waals surface area contributed by atoms with Crippen molar-refractivity contribution in [3.8, 4) is 0 Å². The summed E-state index contributed by atoms with van der Waals surface area (Å²) < 4.78 is 26.7. The first kappa shape index (κ1) is 9.13. The van der Waals surface area contributed by atoms with E-state index in [4.69, 9.17) is 0 Å². The zero-order valence-corrected chi connectivity index (χ0v) is 7.50. The van der Waals surface area contributed by atoms with E-state index in [0.29, 0.717) is 5.56 Å². The fraction of sp³-hybridized carbons (Fsp3) is 0.0833. The van der Waals surface area contributed by atoms with Gasteiger partial charge in [0.25, 0.3) is 0 Å². The molecule has 0 fully saturated rings. The summed E-state index contributed by atoms with van der Waals surface area (Å²) in [6.45, 7) is 0. The fourth-order valence-electron chi connectivity index (χ4n) is 1.48. The monoisotopic (exact) mass is 191 g/mol. The molecule has 71 valence electrons. The van der Waals surface area contributed by atoms with Gasteiger partial charge in [-0.25, -0.2) is 8.78 Å². The third-order valence-corrected chi connectivity index (χ3v) is 2.13. The first-order valence-corrected chi connectivity index (χ1v) is 4.42. The Morgan fingerprint density at radius 2 is 1.71 bits per heavy atom. The quantitative estimate of drug-likeness (QED) is 0.632. The van der Waals surface area contributed by atoms with Crippen LogP contribution in [0.4, 0.5) is 8.78 Å². The van der Waals surface area contributed by atoms with Gasteiger partial charge in [-0.2, -0.15) is 0 Å². The SMILES string of the molecule is FC1=C[CH]CC(F)=C1c1ccccc1. The minimum absolute atomic E-state index is 0.0908. The Labute approximate surface area is 81.6 Å². The zero-order chi connectivity index (χ0) is 9.97. The molecular weight excluding hydrogens is 182 g/mol. The maximum absolute atomic E-state index is 13.4. The molecule has 2 rings (SSSR count). The largest absolute Gasteiger partial charge is 0.211 e. The maximum Gasteiger partial charge on any atom is 0.129 e. The van der Waals surface area contributed by atoms with E-state index in [1.54, 1.807) is 24.3 Å². The van der Waals surface area contributed by atoms with E-state index in [-0.39, 0.29) is 12.0 Å². The summed E-state index contributed by atoms with van der Waals surface area (Å²) in [5.74, 6) is -0.906. The van der Waals surface area contributed by atoms with Crippen LogP contribution in [0, 0.1) is 6.42 Å². The number of hydrogen-bond acceptors (Lipinski definition) is 0. The van der Waals surface area contributed by atoms with Gasteiger partial charge in [0.2, 0.25) is 0 Å². The molecule has 0 N–H and O–H groups in total. The Morgan fingerprint density at radius 1 is 1.00 bits per heavy atom. The number of rotatable bonds is 1. The highest BCUT2D eigenvalue weighted by Crippen LogP contribution is 2.33. The van der Waals surface area contributed by atoms with Gasteiger partial charge in [-0.15, -0.1) is 0 Å². The lowest BCUT2D eigenvalue weighted by molar-refractivity contribution is 0.591. The van der Waals surface area contributed by atoms with Crippen LogP contribution in [0.2, 0.25) is 0 Å². The maximum atomic E-state index is 13.4. The predicted octanol–water partition coefficient (Wildman–Crippen LogP) is 3.83. The van der Waals surface area contributed by atoms with Gasteiger partial charge in [-0.1, -0.05) is 30.3 Å². The van der Waals surface area contributed by atoms with E-state index in [0.717, 1.165) is 0 Å². The molecule has 0 unspecified atom stereocenters. The molecule has 0 heterocycles. The van der Waals surface area contributed by atoms with Crippen LogP contribution in [0.1, 0.15) is 12.0 Å². The van der Waals surface area contributed by atoms with E-state index in [1.807, 2.05) is 6.07 Å². The molecule has 0 bridgehead atoms. The van der Waals surface area contributed by atoms with E-state index in [2.05, 4.69) is 0 Å². The third kappa shape index (κ3) is 1.60. The van der Waals surface area contributed by atoms with Crippen molar-refractivity contribution in [2.45, 2.75) is 6.42 Å². The van der Waals surface area contributed by atoms with Crippen LogP contribution in [-0.2, 0) is 0 Å². The molecule has 2 heteroatoms. The molecular formula is C12H9F2. The number of benzene rings is 1. The van der Waals surface area contributed by atoms with Crippen molar-refractivity contribution in [2.24, 2.45) is 0 Å². The van der Waals surface area contributed by atoms with Gasteiger partial charge in [-0.05, 0) is 18.1 Å². The lowest BCUT2D eigenvalue weighted by Gasteiger charge is -2.11. The average Bonchev–Trinajstić information content (AvgIpc) is 2.19. The van der Waals surface area contributed by atoms with E-state index in [1.165, 1.54) is 12.5 Å². The molecule has 1 radical (unpaired) electrons. The normalized spacial score (nSPS) is 16.9. The highest BCUT2D eigenvalue weighted by Gasteiger charge is 2.17. The minimum atomic E-state index is -0.500. The number of allylic oxidation sites excluding steroid dienone is 4. The van der Waals surface area contributed by atoms with Crippen LogP contribution in [0.5, 0.6) is 0 Å². The van der Waals surface area contributed by atoms with Crippen LogP contribution in [-0.4, -0.2) is 0 Å². The summed E-state index contributed by atoms with van der Waals surface area (Å²) in [6, 6.07) is 8.75. The van der Waals surface area contributed by atoms with Gasteiger partial charge in [0.1, 0.15) is 11.7 Å². The van der Waals surface area contributed by atoms with Crippen molar-refractivity contribution in [1.29, 1.82) is 0 Å². The van der Waals surface area contributed by atoms with Gasteiger partial charge in [0.05, 0.1) is 0 Å². The summed E-state index contributed by atoms with van der Waals surface area (Å²) in [6.07, 6.45) is 2.97. The highest BCUT2D eigenvalue weighted by molar-refractivity contribution is 5.79. The molecule has 14 heavy (non-hydrogen) atoms. The number of halogens is 2. The van der Waals surface area contributed by atoms with Gasteiger partial charge in [-0.3, -0.25) is 0 Å². The van der Waals surface area contributed by atoms with Crippen LogP contribution in [0.15, 0.2) is 48.1 Å². The Balaban J connectivity index is 2.48. The minimum Gasteiger partial charge on any atom is -0.211 e. The Morgan fingerprint density at radius 3 is 2.36 bits per heavy atom. The molecule has 1 aromatic rings. The van der Waals surface area contributed by atoms with Gasteiger partial charge in [0, 0.05) is 12.0 Å². The van der Waals surface area contributed by atoms with Crippen molar-refractivity contribution in [2.75, 3.05) is 0 Å². The Hall–Kier alpha value is -1.44. The van der Waals surface area contributed by atoms with Gasteiger partial charge < -0.3 is 0 Å². The van der Waals surface area contributed by atoms with Crippen molar-refractivity contribution in [1.82, 2.24) is 0 Å². The molecule has 0 atom stereocenters. The van der Waals surface area contributed by atoms with Gasteiger partial charge in [0.15, 0.2) is 0 Å². The van der Waals surface area contributed by atoms with E-state index >= 15 is 0 Å². The molecule has 0 nitrogen and oxygen atoms in total. The van der Waals surface area contributed by atoms with Crippen molar-refractivity contribution >= 4 is 5.57 Å². The molecule has 0 amide bonds. The van der Waals surface area contributed by atoms with E-state index in [9.17, 15) is 8.78 Å². The molecule has 1 aromatic carbocycles. The Kier molecular flexibility index (Phi) is 2.44. The summed E-state index contributed by atoms with van der Waals surface area (Å²) >= 11 is 0. The second-order valence-electron chi connectivity index (χ2n) is 3.10. The Bertz CT molecular complexity index is 388. The molecule has 0 saturated heterocycles. The van der Waals surface area contributed by atoms with Crippen LogP contribution in [0.25, 0.3) is 5.57 Å². The van der Waals surface area contributed by atoms with Crippen LogP contribution >= 0.6 is 0 Å². The molecule has 0 aromatic heterocycles. The topological polar surface area (TPSA) is 0 Å². The molecule has 1 aliphatic rings. The molecule has 0 saturated carbocycles. The third-order valence-electron chi connectivity index (χ3n) is 2.13. The zero-order valence-electron chi connectivity index (χ0n) is 7.50. The van der Waals surface area contributed by atoms with Crippen molar-refractivity contribution < 1.29 is 8.78 Å². The smallest absolute Gasteiger partial charge is 0.129 e. The summed E-state index contributed by atoms with van der Waals surface area (Å²) in [7, 11) is 0. The summed E-state index contributed by atoms with van der Waals surface area (Å²) in [5, 5.41) is 0. The average molecular weight is 191 g/mol. The second-order valence-corrected chi connectivity index (χ2v) is 3.10. The van der Waals surface area contributed by atoms with Crippen LogP contribution < -0.4 is 0 Å². The second kappa shape index (κ2) is 3.74. The first-order chi connectivity index (χ1) is 6.79. The predicted molar refractivity (Wildman–Crippen MR) is 52.6 cm³/mol. The standard InChI is InChI=1S/C12H9F2/c13-10-7-4-8-11(14)12(10)9-5-2-1-3-6-9/h1-7H,8H2. The number of hydrogen-bond donors (Lipinski definition) is 0. The summed E-state index contributed by atoms with van der Waals surface area (Å²) in [5.41, 5.74) is 0.681. The lowest BCUT2D eigenvalue weighted by atomic mass is 9.98. The molecule has 0 spiro atoms. The first-order valence-electron chi connectivity index (χ1n) is 4.42. The van der Waals surface area contributed by atoms with E-state index < -0.39 is 11.7 Å². The van der Waals surface area contributed by atoms with Gasteiger partial charge >= 0.3 is 0 Å². The van der Waals surface area contributed by atoms with Crippen molar-refractivity contribution in [3.63, 3.8) is 0 Å².